The van der Waals surface area contributed by atoms with Crippen LogP contribution in [0.5, 0.6) is 11.5 Å². The van der Waals surface area contributed by atoms with Crippen molar-refractivity contribution in [3.63, 3.8) is 0 Å². The maximum Gasteiger partial charge on any atom is 0.263 e. The third kappa shape index (κ3) is 10.2. The molecule has 2 N–H and O–H groups in total. The number of amides is 1. The summed E-state index contributed by atoms with van der Waals surface area (Å²) in [5.74, 6) is 1.35. The van der Waals surface area contributed by atoms with Crippen LogP contribution < -0.4 is 25.0 Å². The van der Waals surface area contributed by atoms with Crippen molar-refractivity contribution >= 4 is 24.0 Å². The highest BCUT2D eigenvalue weighted by molar-refractivity contribution is 6.08. The van der Waals surface area contributed by atoms with Gasteiger partial charge in [0.1, 0.15) is 17.7 Å². The average Bonchev–Trinajstić information content (AvgIpc) is 2.93. The normalized spacial score (nSPS) is 15.0. The second-order valence-electron chi connectivity index (χ2n) is 9.57. The van der Waals surface area contributed by atoms with Crippen LogP contribution in [-0.2, 0) is 0 Å². The molecule has 0 aliphatic carbocycles. The van der Waals surface area contributed by atoms with E-state index in [1.165, 1.54) is 57.8 Å². The number of methoxy groups -OCH3 is 1. The zero-order chi connectivity index (χ0) is 25.4. The van der Waals surface area contributed by atoms with Crippen molar-refractivity contribution in [2.75, 3.05) is 38.3 Å². The summed E-state index contributed by atoms with van der Waals surface area (Å²) < 4.78 is 11.4. The second kappa shape index (κ2) is 18.1. The van der Waals surface area contributed by atoms with E-state index < -0.39 is 0 Å². The molecule has 2 aromatic rings. The molecule has 1 saturated heterocycles. The number of ether oxygens (including phenoxy) is 2. The standard InChI is InChI=1S/C30H45N3O3.ClH/c1-3-4-5-6-7-8-9-10-11-14-23-36-28-16-13-12-15-27(28)30(34)33(29-24-31-21-22-32-29)25-17-19-26(35-2)20-18-25;/h12-13,15-20,29,31-32H,3-11,14,21-24H2,1-2H3;1H. The van der Waals surface area contributed by atoms with Crippen molar-refractivity contribution < 1.29 is 14.3 Å². The van der Waals surface area contributed by atoms with Gasteiger partial charge in [-0.15, -0.1) is 12.4 Å². The van der Waals surface area contributed by atoms with Crippen LogP contribution in [0.3, 0.4) is 0 Å². The van der Waals surface area contributed by atoms with Crippen LogP contribution in [-0.4, -0.2) is 45.4 Å². The van der Waals surface area contributed by atoms with Gasteiger partial charge in [-0.1, -0.05) is 76.8 Å². The molecular weight excluding hydrogens is 486 g/mol. The molecule has 1 atom stereocenters. The summed E-state index contributed by atoms with van der Waals surface area (Å²) in [6.07, 6.45) is 12.7. The lowest BCUT2D eigenvalue weighted by atomic mass is 10.1. The smallest absolute Gasteiger partial charge is 0.263 e. The van der Waals surface area contributed by atoms with Gasteiger partial charge >= 0.3 is 0 Å². The predicted molar refractivity (Wildman–Crippen MR) is 155 cm³/mol. The first-order chi connectivity index (χ1) is 17.7. The molecule has 2 aromatic carbocycles. The van der Waals surface area contributed by atoms with Gasteiger partial charge in [0.25, 0.3) is 5.91 Å². The average molecular weight is 532 g/mol. The second-order valence-corrected chi connectivity index (χ2v) is 9.57. The molecule has 1 aliphatic rings. The number of benzene rings is 2. The first-order valence-electron chi connectivity index (χ1n) is 13.9. The number of halogens is 1. The zero-order valence-corrected chi connectivity index (χ0v) is 23.5. The number of unbranched alkanes of at least 4 members (excludes halogenated alkanes) is 9. The molecule has 0 bridgehead atoms. The Balaban J connectivity index is 0.00000481. The molecule has 1 heterocycles. The Hall–Kier alpha value is -2.28. The lowest BCUT2D eigenvalue weighted by Gasteiger charge is -2.36. The summed E-state index contributed by atoms with van der Waals surface area (Å²) in [6, 6.07) is 15.2. The Morgan fingerprint density at radius 3 is 2.16 bits per heavy atom. The van der Waals surface area contributed by atoms with Crippen LogP contribution in [0, 0.1) is 0 Å². The Labute approximate surface area is 229 Å². The Bertz CT molecular complexity index is 888. The lowest BCUT2D eigenvalue weighted by molar-refractivity contribution is 0.0964. The van der Waals surface area contributed by atoms with Crippen molar-refractivity contribution in [3.05, 3.63) is 54.1 Å². The molecule has 1 aliphatic heterocycles. The van der Waals surface area contributed by atoms with Gasteiger partial charge in [-0.05, 0) is 42.8 Å². The van der Waals surface area contributed by atoms with Crippen molar-refractivity contribution in [3.8, 4) is 11.5 Å². The molecule has 0 spiro atoms. The molecule has 0 radical (unpaired) electrons. The molecular formula is C30H46ClN3O3. The van der Waals surface area contributed by atoms with E-state index >= 15 is 0 Å². The number of para-hydroxylation sites is 1. The summed E-state index contributed by atoms with van der Waals surface area (Å²) >= 11 is 0. The third-order valence-corrected chi connectivity index (χ3v) is 6.77. The van der Waals surface area contributed by atoms with Gasteiger partial charge in [0.15, 0.2) is 0 Å². The maximum atomic E-state index is 13.9. The van der Waals surface area contributed by atoms with Gasteiger partial charge in [-0.2, -0.15) is 0 Å². The fourth-order valence-electron chi connectivity index (χ4n) is 4.67. The lowest BCUT2D eigenvalue weighted by Crippen LogP contribution is -2.59. The van der Waals surface area contributed by atoms with E-state index in [0.717, 1.165) is 30.9 Å². The van der Waals surface area contributed by atoms with E-state index in [1.807, 2.05) is 53.4 Å². The number of hydrogen-bond donors (Lipinski definition) is 2. The van der Waals surface area contributed by atoms with Gasteiger partial charge in [0.05, 0.1) is 19.3 Å². The van der Waals surface area contributed by atoms with Crippen molar-refractivity contribution in [2.24, 2.45) is 0 Å². The highest BCUT2D eigenvalue weighted by Crippen LogP contribution is 2.27. The van der Waals surface area contributed by atoms with Crippen molar-refractivity contribution in [2.45, 2.75) is 77.3 Å². The minimum Gasteiger partial charge on any atom is -0.497 e. The molecule has 0 saturated carbocycles. The molecule has 1 unspecified atom stereocenters. The SMILES string of the molecule is CCCCCCCCCCCCOc1ccccc1C(=O)N(c1ccc(OC)cc1)C1CNCCN1.Cl. The number of nitrogens with zero attached hydrogens (tertiary/aromatic N) is 1. The third-order valence-electron chi connectivity index (χ3n) is 6.77. The predicted octanol–water partition coefficient (Wildman–Crippen LogP) is 6.58. The van der Waals surface area contributed by atoms with Gasteiger partial charge < -0.3 is 14.8 Å². The number of nitrogens with one attached hydrogen (secondary N) is 2. The summed E-state index contributed by atoms with van der Waals surface area (Å²) in [4.78, 5) is 15.7. The zero-order valence-electron chi connectivity index (χ0n) is 22.7. The number of piperazine rings is 1. The van der Waals surface area contributed by atoms with Crippen LogP contribution in [0.4, 0.5) is 5.69 Å². The van der Waals surface area contributed by atoms with Gasteiger partial charge in [-0.25, -0.2) is 0 Å². The van der Waals surface area contributed by atoms with Crippen molar-refractivity contribution in [1.82, 2.24) is 10.6 Å². The highest BCUT2D eigenvalue weighted by atomic mass is 35.5. The first kappa shape index (κ1) is 30.9. The molecule has 1 fully saturated rings. The van der Waals surface area contributed by atoms with Crippen LogP contribution in [0.25, 0.3) is 0 Å². The molecule has 6 nitrogen and oxygen atoms in total. The number of rotatable bonds is 16. The fraction of sp³-hybridized carbons (Fsp3) is 0.567. The minimum absolute atomic E-state index is 0. The van der Waals surface area contributed by atoms with Crippen LogP contribution in [0.1, 0.15) is 81.5 Å². The molecule has 7 heteroatoms. The van der Waals surface area contributed by atoms with Gasteiger partial charge in [-0.3, -0.25) is 15.0 Å². The van der Waals surface area contributed by atoms with Gasteiger partial charge in [0, 0.05) is 25.3 Å². The van der Waals surface area contributed by atoms with E-state index in [2.05, 4.69) is 17.6 Å². The van der Waals surface area contributed by atoms with E-state index in [9.17, 15) is 4.79 Å². The largest absolute Gasteiger partial charge is 0.497 e. The highest BCUT2D eigenvalue weighted by Gasteiger charge is 2.29. The molecule has 206 valence electrons. The number of carbonyl (C=O) groups is 1. The summed E-state index contributed by atoms with van der Waals surface area (Å²) in [5.41, 5.74) is 1.42. The van der Waals surface area contributed by atoms with Crippen LogP contribution in [0.2, 0.25) is 0 Å². The number of anilines is 1. The van der Waals surface area contributed by atoms with E-state index in [0.29, 0.717) is 24.5 Å². The number of carbonyl (C=O) groups excluding carboxylic acids is 1. The quantitative estimate of drug-likeness (QED) is 0.239. The van der Waals surface area contributed by atoms with Gasteiger partial charge in [0.2, 0.25) is 0 Å². The maximum absolute atomic E-state index is 13.9. The molecule has 37 heavy (non-hydrogen) atoms. The molecule has 3 rings (SSSR count). The Kier molecular flexibility index (Phi) is 15.1. The van der Waals surface area contributed by atoms with Crippen LogP contribution in [0.15, 0.2) is 48.5 Å². The monoisotopic (exact) mass is 531 g/mol. The summed E-state index contributed by atoms with van der Waals surface area (Å²) in [7, 11) is 1.65. The van der Waals surface area contributed by atoms with Crippen LogP contribution >= 0.6 is 12.4 Å². The van der Waals surface area contributed by atoms with E-state index in [-0.39, 0.29) is 24.5 Å². The minimum atomic E-state index is -0.144. The van der Waals surface area contributed by atoms with E-state index in [1.54, 1.807) is 7.11 Å². The Morgan fingerprint density at radius 2 is 1.54 bits per heavy atom. The molecule has 1 amide bonds. The van der Waals surface area contributed by atoms with Crippen molar-refractivity contribution in [1.29, 1.82) is 0 Å². The topological polar surface area (TPSA) is 62.8 Å². The number of hydrogen-bond acceptors (Lipinski definition) is 5. The van der Waals surface area contributed by atoms with E-state index in [4.69, 9.17) is 9.47 Å². The Morgan fingerprint density at radius 1 is 0.892 bits per heavy atom. The first-order valence-corrected chi connectivity index (χ1v) is 13.9. The molecule has 0 aromatic heterocycles. The summed E-state index contributed by atoms with van der Waals surface area (Å²) in [5, 5.41) is 6.87. The fourth-order valence-corrected chi connectivity index (χ4v) is 4.67. The summed E-state index contributed by atoms with van der Waals surface area (Å²) in [6.45, 7) is 5.27.